The molecule has 0 rings (SSSR count). The van der Waals surface area contributed by atoms with Crippen molar-refractivity contribution >= 4 is 19.2 Å². The minimum Gasteiger partial charge on any atom is -0.392 e. The third-order valence-electron chi connectivity index (χ3n) is 3.60. The number of aliphatic hydroxyl groups excluding tert-OH is 1. The Balaban J connectivity index is 5.00. The summed E-state index contributed by atoms with van der Waals surface area (Å²) in [5.74, 6) is -0.388. The molecule has 0 fully saturated rings. The van der Waals surface area contributed by atoms with Crippen molar-refractivity contribution in [3.8, 4) is 0 Å². The highest BCUT2D eigenvalue weighted by Crippen LogP contribution is 2.49. The van der Waals surface area contributed by atoms with E-state index in [0.29, 0.717) is 6.42 Å². The third-order valence-corrected chi connectivity index (χ3v) is 5.45. The van der Waals surface area contributed by atoms with Gasteiger partial charge in [0, 0.05) is 10.8 Å². The Bertz CT molecular complexity index is 503. The van der Waals surface area contributed by atoms with Gasteiger partial charge in [0.25, 0.3) is 0 Å². The molecule has 0 saturated carbocycles. The fraction of sp³-hybridized carbons (Fsp3) is 0.778. The van der Waals surface area contributed by atoms with Gasteiger partial charge in [-0.2, -0.15) is 0 Å². The molecule has 0 spiro atoms. The van der Waals surface area contributed by atoms with Gasteiger partial charge in [-0.3, -0.25) is 14.2 Å². The summed E-state index contributed by atoms with van der Waals surface area (Å²) in [7, 11) is -3.60. The quantitative estimate of drug-likeness (QED) is 0.461. The second-order valence-electron chi connectivity index (χ2n) is 8.23. The zero-order chi connectivity index (χ0) is 19.9. The second kappa shape index (κ2) is 9.77. The van der Waals surface area contributed by atoms with Crippen LogP contribution in [0, 0.1) is 10.8 Å². The van der Waals surface area contributed by atoms with Gasteiger partial charge in [-0.05, 0) is 13.3 Å². The van der Waals surface area contributed by atoms with Crippen LogP contribution < -0.4 is 0 Å². The highest BCUT2D eigenvalue weighted by atomic mass is 31.2. The fourth-order valence-electron chi connectivity index (χ4n) is 1.45. The number of ketones is 2. The van der Waals surface area contributed by atoms with Crippen LogP contribution in [0.3, 0.4) is 0 Å². The van der Waals surface area contributed by atoms with Crippen LogP contribution in [-0.4, -0.2) is 42.7 Å². The molecule has 6 nitrogen and oxygen atoms in total. The van der Waals surface area contributed by atoms with Gasteiger partial charge in [-0.25, -0.2) is 0 Å². The lowest BCUT2D eigenvalue weighted by Crippen LogP contribution is -2.26. The SMILES string of the molecule is C/C(=C\CCP(=O)(OCC(=O)C(C)(C)C)OCC(=O)C(C)(C)C)CO. The molecule has 0 bridgehead atoms. The maximum absolute atomic E-state index is 12.9. The summed E-state index contributed by atoms with van der Waals surface area (Å²) >= 11 is 0. The predicted octanol–water partition coefficient (Wildman–Crippen LogP) is 3.77. The zero-order valence-electron chi connectivity index (χ0n) is 16.5. The first-order valence-corrected chi connectivity index (χ1v) is 10.2. The second-order valence-corrected chi connectivity index (χ2v) is 10.4. The Labute approximate surface area is 151 Å². The molecule has 0 aromatic rings. The summed E-state index contributed by atoms with van der Waals surface area (Å²) in [6.45, 7) is 11.5. The number of allylic oxidation sites excluding steroid dienone is 1. The average Bonchev–Trinajstić information content (AvgIpc) is 2.48. The minimum atomic E-state index is -3.60. The van der Waals surface area contributed by atoms with Crippen molar-refractivity contribution in [1.29, 1.82) is 0 Å². The number of hydrogen-bond acceptors (Lipinski definition) is 6. The third kappa shape index (κ3) is 10.0. The van der Waals surface area contributed by atoms with E-state index < -0.39 is 18.4 Å². The summed E-state index contributed by atoms with van der Waals surface area (Å²) in [5.41, 5.74) is -0.484. The number of hydrogen-bond donors (Lipinski definition) is 1. The summed E-state index contributed by atoms with van der Waals surface area (Å²) in [4.78, 5) is 24.0. The maximum Gasteiger partial charge on any atom is 0.331 e. The van der Waals surface area contributed by atoms with Crippen molar-refractivity contribution in [2.45, 2.75) is 54.9 Å². The van der Waals surface area contributed by atoms with Gasteiger partial charge in [0.1, 0.15) is 13.2 Å². The molecule has 0 aliphatic heterocycles. The van der Waals surface area contributed by atoms with Gasteiger partial charge in [0.15, 0.2) is 11.6 Å². The van der Waals surface area contributed by atoms with E-state index in [0.717, 1.165) is 5.57 Å². The lowest BCUT2D eigenvalue weighted by molar-refractivity contribution is -0.129. The van der Waals surface area contributed by atoms with Gasteiger partial charge >= 0.3 is 7.60 Å². The molecule has 0 heterocycles. The minimum absolute atomic E-state index is 0.0409. The van der Waals surface area contributed by atoms with Crippen molar-refractivity contribution < 1.29 is 28.3 Å². The van der Waals surface area contributed by atoms with Crippen LogP contribution >= 0.6 is 7.60 Å². The molecule has 0 unspecified atom stereocenters. The Kier molecular flexibility index (Phi) is 9.45. The van der Waals surface area contributed by atoms with Gasteiger partial charge in [-0.1, -0.05) is 53.2 Å². The topological polar surface area (TPSA) is 89.9 Å². The molecular formula is C18H33O6P. The molecule has 0 aliphatic carbocycles. The number of carbonyl (C=O) groups excluding carboxylic acids is 2. The zero-order valence-corrected chi connectivity index (χ0v) is 17.4. The van der Waals surface area contributed by atoms with Crippen LogP contribution in [-0.2, 0) is 23.2 Å². The Morgan fingerprint density at radius 3 is 1.68 bits per heavy atom. The van der Waals surface area contributed by atoms with E-state index in [2.05, 4.69) is 0 Å². The van der Waals surface area contributed by atoms with Crippen molar-refractivity contribution in [3.63, 3.8) is 0 Å². The largest absolute Gasteiger partial charge is 0.392 e. The van der Waals surface area contributed by atoms with Gasteiger partial charge in [0.2, 0.25) is 0 Å². The standard InChI is InChI=1S/C18H33O6P/c1-14(11-19)9-8-10-25(22,23-12-15(20)17(2,3)4)24-13-16(21)18(5,6)7/h9,19H,8,10-13H2,1-7H3/b14-9+. The number of aliphatic hydroxyl groups is 1. The van der Waals surface area contributed by atoms with Crippen molar-refractivity contribution in [1.82, 2.24) is 0 Å². The number of carbonyl (C=O) groups is 2. The lowest BCUT2D eigenvalue weighted by Gasteiger charge is -2.23. The molecule has 0 aromatic carbocycles. The highest BCUT2D eigenvalue weighted by molar-refractivity contribution is 7.53. The Morgan fingerprint density at radius 2 is 1.36 bits per heavy atom. The Hall–Kier alpha value is -0.810. The molecule has 1 N–H and O–H groups in total. The number of Topliss-reactive ketones (excluding diaryl/α,β-unsaturated/α-hetero) is 2. The molecule has 0 radical (unpaired) electrons. The van der Waals surface area contributed by atoms with E-state index in [1.165, 1.54) is 0 Å². The summed E-state index contributed by atoms with van der Waals surface area (Å²) < 4.78 is 23.6. The smallest absolute Gasteiger partial charge is 0.331 e. The summed E-state index contributed by atoms with van der Waals surface area (Å²) in [5, 5.41) is 9.01. The van der Waals surface area contributed by atoms with Crippen molar-refractivity contribution in [2.24, 2.45) is 10.8 Å². The van der Waals surface area contributed by atoms with Gasteiger partial charge in [-0.15, -0.1) is 0 Å². The van der Waals surface area contributed by atoms with Crippen molar-refractivity contribution in [2.75, 3.05) is 26.0 Å². The molecule has 25 heavy (non-hydrogen) atoms. The molecule has 0 amide bonds. The first-order valence-electron chi connectivity index (χ1n) is 8.42. The number of rotatable bonds is 10. The maximum atomic E-state index is 12.9. The summed E-state index contributed by atoms with van der Waals surface area (Å²) in [6.07, 6.45) is 2.13. The van der Waals surface area contributed by atoms with Crippen LogP contribution in [0.15, 0.2) is 11.6 Å². The van der Waals surface area contributed by atoms with Gasteiger partial charge in [0.05, 0.1) is 12.8 Å². The lowest BCUT2D eigenvalue weighted by atomic mass is 9.91. The monoisotopic (exact) mass is 376 g/mol. The van der Waals surface area contributed by atoms with Crippen LogP contribution in [0.5, 0.6) is 0 Å². The van der Waals surface area contributed by atoms with E-state index >= 15 is 0 Å². The molecule has 0 aromatic heterocycles. The van der Waals surface area contributed by atoms with Crippen LogP contribution in [0.1, 0.15) is 54.9 Å². The Morgan fingerprint density at radius 1 is 0.960 bits per heavy atom. The highest BCUT2D eigenvalue weighted by Gasteiger charge is 2.31. The first-order chi connectivity index (χ1) is 11.2. The molecule has 0 atom stereocenters. The molecule has 7 heteroatoms. The summed E-state index contributed by atoms with van der Waals surface area (Å²) in [6, 6.07) is 0. The molecule has 0 saturated heterocycles. The van der Waals surface area contributed by atoms with E-state index in [4.69, 9.17) is 14.2 Å². The van der Waals surface area contributed by atoms with Crippen LogP contribution in [0.4, 0.5) is 0 Å². The molecule has 146 valence electrons. The van der Waals surface area contributed by atoms with E-state index in [1.807, 2.05) is 0 Å². The predicted molar refractivity (Wildman–Crippen MR) is 98.8 cm³/mol. The first kappa shape index (κ1) is 24.2. The average molecular weight is 376 g/mol. The van der Waals surface area contributed by atoms with Crippen molar-refractivity contribution in [3.05, 3.63) is 11.6 Å². The van der Waals surface area contributed by atoms with Gasteiger partial charge < -0.3 is 14.2 Å². The van der Waals surface area contributed by atoms with Crippen LogP contribution in [0.2, 0.25) is 0 Å². The van der Waals surface area contributed by atoms with E-state index in [9.17, 15) is 14.2 Å². The fourth-order valence-corrected chi connectivity index (χ4v) is 2.85. The van der Waals surface area contributed by atoms with Crippen LogP contribution in [0.25, 0.3) is 0 Å². The normalized spacial score (nSPS) is 13.8. The van der Waals surface area contributed by atoms with E-state index in [-0.39, 0.29) is 37.5 Å². The van der Waals surface area contributed by atoms with E-state index in [1.54, 1.807) is 54.5 Å². The molecule has 0 aliphatic rings. The molecular weight excluding hydrogens is 343 g/mol.